The van der Waals surface area contributed by atoms with E-state index >= 15 is 0 Å². The molecule has 3 aromatic rings. The molecule has 0 aliphatic rings. The molecule has 0 radical (unpaired) electrons. The van der Waals surface area contributed by atoms with E-state index in [4.69, 9.17) is 5.73 Å². The van der Waals surface area contributed by atoms with Crippen LogP contribution in [0.15, 0.2) is 58.5 Å². The van der Waals surface area contributed by atoms with Crippen molar-refractivity contribution in [2.75, 3.05) is 0 Å². The number of hydrogen-bond acceptors (Lipinski definition) is 3. The average molecular weight is 335 g/mol. The van der Waals surface area contributed by atoms with E-state index in [9.17, 15) is 4.79 Å². The third-order valence-electron chi connectivity index (χ3n) is 2.36. The van der Waals surface area contributed by atoms with E-state index < -0.39 is 0 Å². The fraction of sp³-hybridized carbons (Fsp3) is 0. The van der Waals surface area contributed by atoms with E-state index in [1.165, 1.54) is 11.3 Å². The molecule has 5 heteroatoms. The van der Waals surface area contributed by atoms with Gasteiger partial charge in [0.25, 0.3) is 5.91 Å². The summed E-state index contributed by atoms with van der Waals surface area (Å²) in [6.45, 7) is 0. The first-order valence-electron chi connectivity index (χ1n) is 5.51. The lowest BCUT2D eigenvalue weighted by atomic mass is 10.2. The second kappa shape index (κ2) is 6.45. The number of carbonyl (C=O) groups is 1. The lowest BCUT2D eigenvalue weighted by Crippen LogP contribution is -2.07. The Hall–Kier alpha value is -1.72. The number of rotatable bonds is 1. The van der Waals surface area contributed by atoms with E-state index in [0.29, 0.717) is 4.88 Å². The second-order valence-electron chi connectivity index (χ2n) is 3.65. The van der Waals surface area contributed by atoms with Crippen molar-refractivity contribution in [2.45, 2.75) is 0 Å². The van der Waals surface area contributed by atoms with Crippen molar-refractivity contribution >= 4 is 44.1 Å². The predicted octanol–water partition coefficient (Wildman–Crippen LogP) is 3.84. The summed E-state index contributed by atoms with van der Waals surface area (Å²) < 4.78 is 1.10. The molecule has 19 heavy (non-hydrogen) atoms. The van der Waals surface area contributed by atoms with Crippen molar-refractivity contribution in [1.29, 1.82) is 0 Å². The normalized spacial score (nSPS) is 9.74. The average Bonchev–Trinajstić information content (AvgIpc) is 2.94. The summed E-state index contributed by atoms with van der Waals surface area (Å²) >= 11 is 4.81. The highest BCUT2D eigenvalue weighted by molar-refractivity contribution is 9.10. The van der Waals surface area contributed by atoms with Gasteiger partial charge in [0.15, 0.2) is 0 Å². The van der Waals surface area contributed by atoms with Gasteiger partial charge in [0.1, 0.15) is 0 Å². The number of fused-ring (bicyclic) bond motifs is 1. The number of thiophene rings is 1. The lowest BCUT2D eigenvalue weighted by molar-refractivity contribution is 0.100. The second-order valence-corrected chi connectivity index (χ2v) is 5.45. The number of amides is 1. The first kappa shape index (κ1) is 13.7. The van der Waals surface area contributed by atoms with Gasteiger partial charge < -0.3 is 5.73 Å². The lowest BCUT2D eigenvalue weighted by Gasteiger charge is -1.96. The largest absolute Gasteiger partial charge is 0.365 e. The zero-order valence-electron chi connectivity index (χ0n) is 9.92. The highest BCUT2D eigenvalue weighted by Crippen LogP contribution is 2.20. The maximum Gasteiger partial charge on any atom is 0.258 e. The number of hydrogen-bond donors (Lipinski definition) is 1. The molecule has 0 unspecified atom stereocenters. The molecule has 0 saturated heterocycles. The molecule has 3 nitrogen and oxygen atoms in total. The minimum absolute atomic E-state index is 0.347. The smallest absolute Gasteiger partial charge is 0.258 e. The van der Waals surface area contributed by atoms with Gasteiger partial charge in [-0.15, -0.1) is 11.3 Å². The van der Waals surface area contributed by atoms with Gasteiger partial charge in [-0.25, -0.2) is 0 Å². The van der Waals surface area contributed by atoms with Crippen molar-refractivity contribution in [3.63, 3.8) is 0 Å². The third kappa shape index (κ3) is 3.62. The van der Waals surface area contributed by atoms with Gasteiger partial charge in [0.2, 0.25) is 0 Å². The number of nitrogens with zero attached hydrogens (tertiary/aromatic N) is 1. The van der Waals surface area contributed by atoms with Crippen molar-refractivity contribution in [3.05, 3.63) is 63.4 Å². The number of carbonyl (C=O) groups excluding carboxylic acids is 1. The van der Waals surface area contributed by atoms with Crippen LogP contribution in [-0.2, 0) is 0 Å². The maximum atomic E-state index is 10.3. The summed E-state index contributed by atoms with van der Waals surface area (Å²) in [5, 5.41) is 2.98. The number of primary amides is 1. The minimum atomic E-state index is -0.347. The van der Waals surface area contributed by atoms with Crippen LogP contribution >= 0.6 is 27.3 Å². The molecule has 2 N–H and O–H groups in total. The quantitative estimate of drug-likeness (QED) is 0.734. The van der Waals surface area contributed by atoms with E-state index in [-0.39, 0.29) is 5.91 Å². The number of nitrogens with two attached hydrogens (primary N) is 1. The van der Waals surface area contributed by atoms with Crippen LogP contribution in [0.3, 0.4) is 0 Å². The van der Waals surface area contributed by atoms with Crippen LogP contribution in [0.2, 0.25) is 0 Å². The Labute approximate surface area is 123 Å². The molecule has 2 aromatic heterocycles. The fourth-order valence-corrected chi connectivity index (χ4v) is 2.55. The number of pyridine rings is 1. The molecule has 3 rings (SSSR count). The van der Waals surface area contributed by atoms with Crippen LogP contribution in [-0.4, -0.2) is 10.9 Å². The van der Waals surface area contributed by atoms with Gasteiger partial charge in [-0.1, -0.05) is 34.1 Å². The molecule has 0 aliphatic heterocycles. The zero-order chi connectivity index (χ0) is 13.7. The van der Waals surface area contributed by atoms with Crippen molar-refractivity contribution < 1.29 is 4.79 Å². The third-order valence-corrected chi connectivity index (χ3v) is 3.93. The molecule has 2 heterocycles. The molecular formula is C14H11BrN2OS. The monoisotopic (exact) mass is 334 g/mol. The van der Waals surface area contributed by atoms with Crippen molar-refractivity contribution in [1.82, 2.24) is 4.98 Å². The Balaban J connectivity index is 0.000000148. The summed E-state index contributed by atoms with van der Waals surface area (Å²) in [6, 6.07) is 13.5. The van der Waals surface area contributed by atoms with Gasteiger partial charge in [-0.3, -0.25) is 9.78 Å². The molecule has 96 valence electrons. The van der Waals surface area contributed by atoms with Crippen LogP contribution < -0.4 is 5.73 Å². The Morgan fingerprint density at radius 3 is 2.58 bits per heavy atom. The van der Waals surface area contributed by atoms with Crippen LogP contribution in [0.1, 0.15) is 9.67 Å². The Kier molecular flexibility index (Phi) is 4.65. The summed E-state index contributed by atoms with van der Waals surface area (Å²) in [5.74, 6) is -0.347. The first-order chi connectivity index (χ1) is 9.18. The highest BCUT2D eigenvalue weighted by atomic mass is 79.9. The van der Waals surface area contributed by atoms with Crippen LogP contribution in [0, 0.1) is 0 Å². The van der Waals surface area contributed by atoms with E-state index in [2.05, 4.69) is 20.9 Å². The van der Waals surface area contributed by atoms with Gasteiger partial charge in [0, 0.05) is 16.1 Å². The molecule has 0 saturated carbocycles. The van der Waals surface area contributed by atoms with E-state index in [1.54, 1.807) is 18.3 Å². The molecule has 0 fully saturated rings. The Morgan fingerprint density at radius 2 is 2.00 bits per heavy atom. The molecule has 0 aliphatic carbocycles. The molecule has 0 spiro atoms. The zero-order valence-corrected chi connectivity index (χ0v) is 12.3. The summed E-state index contributed by atoms with van der Waals surface area (Å²) in [6.07, 6.45) is 1.80. The summed E-state index contributed by atoms with van der Waals surface area (Å²) in [4.78, 5) is 15.1. The maximum absolute atomic E-state index is 10.3. The highest BCUT2D eigenvalue weighted by Gasteiger charge is 1.96. The van der Waals surface area contributed by atoms with Gasteiger partial charge >= 0.3 is 0 Å². The Bertz CT molecular complexity index is 677. The summed E-state index contributed by atoms with van der Waals surface area (Å²) in [5.41, 5.74) is 5.96. The Morgan fingerprint density at radius 1 is 1.16 bits per heavy atom. The molecule has 1 aromatic carbocycles. The van der Waals surface area contributed by atoms with Crippen LogP contribution in [0.5, 0.6) is 0 Å². The SMILES string of the molecule is Brc1cccc2ncccc12.NC(=O)c1cccs1. The van der Waals surface area contributed by atoms with Gasteiger partial charge in [0.05, 0.1) is 10.4 Å². The molecule has 1 amide bonds. The molecular weight excluding hydrogens is 324 g/mol. The van der Waals surface area contributed by atoms with Crippen LogP contribution in [0.25, 0.3) is 10.9 Å². The van der Waals surface area contributed by atoms with Crippen molar-refractivity contribution in [2.24, 2.45) is 5.73 Å². The number of aromatic nitrogens is 1. The first-order valence-corrected chi connectivity index (χ1v) is 7.18. The molecule has 0 atom stereocenters. The predicted molar refractivity (Wildman–Crippen MR) is 82.3 cm³/mol. The standard InChI is InChI=1S/C9H6BrN.C5H5NOS/c10-8-4-1-5-9-7(8)3-2-6-11-9;6-5(7)4-2-1-3-8-4/h1-6H;1-3H,(H2,6,7). The van der Waals surface area contributed by atoms with Crippen molar-refractivity contribution in [3.8, 4) is 0 Å². The number of halogens is 1. The minimum Gasteiger partial charge on any atom is -0.365 e. The van der Waals surface area contributed by atoms with Gasteiger partial charge in [-0.05, 0) is 29.6 Å². The van der Waals surface area contributed by atoms with E-state index in [0.717, 1.165) is 15.4 Å². The summed E-state index contributed by atoms with van der Waals surface area (Å²) in [7, 11) is 0. The van der Waals surface area contributed by atoms with E-state index in [1.807, 2.05) is 35.7 Å². The molecule has 0 bridgehead atoms. The fourth-order valence-electron chi connectivity index (χ4n) is 1.48. The van der Waals surface area contributed by atoms with Crippen LogP contribution in [0.4, 0.5) is 0 Å². The number of benzene rings is 1. The topological polar surface area (TPSA) is 56.0 Å². The van der Waals surface area contributed by atoms with Gasteiger partial charge in [-0.2, -0.15) is 0 Å².